The lowest BCUT2D eigenvalue weighted by Gasteiger charge is -2.28. The maximum atomic E-state index is 11.7. The number of nitrogens with one attached hydrogen (secondary N) is 1. The standard InChI is InChI=1S/C12H21NO2/c1-3-8-15-11(12(14)13-4-2)9-10-6-5-7-10/h3,10-11H,1,4-9H2,2H3,(H,13,14). The summed E-state index contributed by atoms with van der Waals surface area (Å²) < 4.78 is 5.48. The van der Waals surface area contributed by atoms with Gasteiger partial charge in [-0.3, -0.25) is 4.79 Å². The number of hydrogen-bond donors (Lipinski definition) is 1. The smallest absolute Gasteiger partial charge is 0.249 e. The molecule has 1 atom stereocenters. The van der Waals surface area contributed by atoms with Crippen molar-refractivity contribution >= 4 is 5.91 Å². The molecule has 0 aliphatic heterocycles. The Balaban J connectivity index is 2.35. The quantitative estimate of drug-likeness (QED) is 0.653. The molecule has 15 heavy (non-hydrogen) atoms. The summed E-state index contributed by atoms with van der Waals surface area (Å²) in [7, 11) is 0. The summed E-state index contributed by atoms with van der Waals surface area (Å²) in [5.41, 5.74) is 0. The fourth-order valence-electron chi connectivity index (χ4n) is 1.75. The molecule has 1 fully saturated rings. The normalized spacial score (nSPS) is 17.9. The molecule has 1 unspecified atom stereocenters. The summed E-state index contributed by atoms with van der Waals surface area (Å²) in [6.45, 7) is 6.63. The van der Waals surface area contributed by atoms with E-state index in [1.165, 1.54) is 19.3 Å². The van der Waals surface area contributed by atoms with Gasteiger partial charge in [0, 0.05) is 6.54 Å². The number of rotatable bonds is 7. The first-order chi connectivity index (χ1) is 7.27. The zero-order valence-electron chi connectivity index (χ0n) is 9.50. The average Bonchev–Trinajstić information content (AvgIpc) is 2.15. The Hall–Kier alpha value is -0.830. The maximum Gasteiger partial charge on any atom is 0.249 e. The van der Waals surface area contributed by atoms with Crippen molar-refractivity contribution in [2.24, 2.45) is 5.92 Å². The molecule has 86 valence electrons. The van der Waals surface area contributed by atoms with Crippen LogP contribution in [0, 0.1) is 5.92 Å². The molecule has 0 saturated heterocycles. The molecule has 1 aliphatic rings. The molecule has 1 N–H and O–H groups in total. The molecule has 0 aromatic heterocycles. The van der Waals surface area contributed by atoms with Crippen LogP contribution >= 0.6 is 0 Å². The van der Waals surface area contributed by atoms with Gasteiger partial charge in [-0.25, -0.2) is 0 Å². The van der Waals surface area contributed by atoms with Gasteiger partial charge in [-0.2, -0.15) is 0 Å². The third kappa shape index (κ3) is 4.04. The Labute approximate surface area is 91.9 Å². The van der Waals surface area contributed by atoms with E-state index in [1.807, 2.05) is 6.92 Å². The van der Waals surface area contributed by atoms with E-state index in [-0.39, 0.29) is 12.0 Å². The van der Waals surface area contributed by atoms with Crippen molar-refractivity contribution in [2.45, 2.75) is 38.7 Å². The van der Waals surface area contributed by atoms with Crippen LogP contribution in [0.5, 0.6) is 0 Å². The first kappa shape index (κ1) is 12.2. The zero-order chi connectivity index (χ0) is 11.1. The van der Waals surface area contributed by atoms with Crippen molar-refractivity contribution in [1.82, 2.24) is 5.32 Å². The average molecular weight is 211 g/mol. The number of amides is 1. The van der Waals surface area contributed by atoms with Gasteiger partial charge in [-0.1, -0.05) is 25.3 Å². The van der Waals surface area contributed by atoms with Gasteiger partial charge in [0.25, 0.3) is 0 Å². The molecule has 0 aromatic rings. The third-order valence-corrected chi connectivity index (χ3v) is 2.83. The number of carbonyl (C=O) groups excluding carboxylic acids is 1. The van der Waals surface area contributed by atoms with E-state index in [0.717, 1.165) is 6.42 Å². The van der Waals surface area contributed by atoms with Crippen molar-refractivity contribution < 1.29 is 9.53 Å². The predicted molar refractivity (Wildman–Crippen MR) is 60.6 cm³/mol. The minimum atomic E-state index is -0.284. The second-order valence-corrected chi connectivity index (χ2v) is 4.04. The Morgan fingerprint density at radius 1 is 1.67 bits per heavy atom. The Bertz CT molecular complexity index is 212. The lowest BCUT2D eigenvalue weighted by molar-refractivity contribution is -0.133. The van der Waals surface area contributed by atoms with Crippen LogP contribution in [0.2, 0.25) is 0 Å². The fourth-order valence-corrected chi connectivity index (χ4v) is 1.75. The number of ether oxygens (including phenoxy) is 1. The van der Waals surface area contributed by atoms with Crippen LogP contribution in [-0.2, 0) is 9.53 Å². The number of carbonyl (C=O) groups is 1. The zero-order valence-corrected chi connectivity index (χ0v) is 9.50. The summed E-state index contributed by atoms with van der Waals surface area (Å²) in [6, 6.07) is 0. The molecule has 3 nitrogen and oxygen atoms in total. The van der Waals surface area contributed by atoms with Gasteiger partial charge in [0.15, 0.2) is 0 Å². The van der Waals surface area contributed by atoms with Crippen molar-refractivity contribution in [2.75, 3.05) is 13.2 Å². The Morgan fingerprint density at radius 2 is 2.40 bits per heavy atom. The van der Waals surface area contributed by atoms with Gasteiger partial charge < -0.3 is 10.1 Å². The molecular weight excluding hydrogens is 190 g/mol. The highest BCUT2D eigenvalue weighted by atomic mass is 16.5. The van der Waals surface area contributed by atoms with Crippen LogP contribution in [0.15, 0.2) is 12.7 Å². The minimum Gasteiger partial charge on any atom is -0.364 e. The van der Waals surface area contributed by atoms with E-state index in [9.17, 15) is 4.79 Å². The lowest BCUT2D eigenvalue weighted by Crippen LogP contribution is -2.38. The van der Waals surface area contributed by atoms with Crippen molar-refractivity contribution in [1.29, 1.82) is 0 Å². The van der Waals surface area contributed by atoms with Crippen LogP contribution < -0.4 is 5.32 Å². The molecule has 0 aromatic carbocycles. The van der Waals surface area contributed by atoms with E-state index >= 15 is 0 Å². The first-order valence-electron chi connectivity index (χ1n) is 5.78. The monoisotopic (exact) mass is 211 g/mol. The third-order valence-electron chi connectivity index (χ3n) is 2.83. The van der Waals surface area contributed by atoms with E-state index in [2.05, 4.69) is 11.9 Å². The van der Waals surface area contributed by atoms with E-state index < -0.39 is 0 Å². The SMILES string of the molecule is C=CCOC(CC1CCC1)C(=O)NCC. The molecule has 1 rings (SSSR count). The van der Waals surface area contributed by atoms with Crippen LogP contribution in [0.4, 0.5) is 0 Å². The maximum absolute atomic E-state index is 11.7. The van der Waals surface area contributed by atoms with Crippen LogP contribution in [0.1, 0.15) is 32.6 Å². The van der Waals surface area contributed by atoms with E-state index in [4.69, 9.17) is 4.74 Å². The van der Waals surface area contributed by atoms with Crippen LogP contribution in [-0.4, -0.2) is 25.2 Å². The van der Waals surface area contributed by atoms with Gasteiger partial charge in [-0.05, 0) is 19.3 Å². The van der Waals surface area contributed by atoms with Crippen molar-refractivity contribution in [3.8, 4) is 0 Å². The highest BCUT2D eigenvalue weighted by Crippen LogP contribution is 2.31. The van der Waals surface area contributed by atoms with Crippen molar-refractivity contribution in [3.05, 3.63) is 12.7 Å². The molecule has 1 aliphatic carbocycles. The summed E-state index contributed by atoms with van der Waals surface area (Å²) in [4.78, 5) is 11.7. The number of likely N-dealkylation sites (N-methyl/N-ethyl adjacent to an activating group) is 1. The van der Waals surface area contributed by atoms with Crippen LogP contribution in [0.25, 0.3) is 0 Å². The molecule has 1 amide bonds. The van der Waals surface area contributed by atoms with Gasteiger partial charge in [0.2, 0.25) is 5.91 Å². The second kappa shape index (κ2) is 6.62. The number of hydrogen-bond acceptors (Lipinski definition) is 2. The molecular formula is C12H21NO2. The van der Waals surface area contributed by atoms with Gasteiger partial charge in [0.05, 0.1) is 6.61 Å². The first-order valence-corrected chi connectivity index (χ1v) is 5.78. The van der Waals surface area contributed by atoms with Gasteiger partial charge in [-0.15, -0.1) is 6.58 Å². The fraction of sp³-hybridized carbons (Fsp3) is 0.750. The van der Waals surface area contributed by atoms with E-state index in [1.54, 1.807) is 6.08 Å². The molecule has 0 spiro atoms. The van der Waals surface area contributed by atoms with Crippen molar-refractivity contribution in [3.63, 3.8) is 0 Å². The molecule has 1 saturated carbocycles. The highest BCUT2D eigenvalue weighted by molar-refractivity contribution is 5.80. The van der Waals surface area contributed by atoms with Crippen LogP contribution in [0.3, 0.4) is 0 Å². The predicted octanol–water partition coefficient (Wildman–Crippen LogP) is 1.88. The highest BCUT2D eigenvalue weighted by Gasteiger charge is 2.26. The Kier molecular flexibility index (Phi) is 5.40. The summed E-state index contributed by atoms with van der Waals surface area (Å²) >= 11 is 0. The summed E-state index contributed by atoms with van der Waals surface area (Å²) in [5, 5.41) is 2.81. The molecule has 0 bridgehead atoms. The summed E-state index contributed by atoms with van der Waals surface area (Å²) in [6.07, 6.45) is 6.05. The second-order valence-electron chi connectivity index (χ2n) is 4.04. The van der Waals surface area contributed by atoms with Gasteiger partial charge in [0.1, 0.15) is 6.10 Å². The molecule has 0 heterocycles. The topological polar surface area (TPSA) is 38.3 Å². The molecule has 0 radical (unpaired) electrons. The Morgan fingerprint density at radius 3 is 2.87 bits per heavy atom. The lowest BCUT2D eigenvalue weighted by atomic mass is 9.81. The molecule has 3 heteroatoms. The largest absolute Gasteiger partial charge is 0.364 e. The summed E-state index contributed by atoms with van der Waals surface area (Å²) in [5.74, 6) is 0.702. The minimum absolute atomic E-state index is 0.0197. The van der Waals surface area contributed by atoms with E-state index in [0.29, 0.717) is 19.1 Å². The van der Waals surface area contributed by atoms with Gasteiger partial charge >= 0.3 is 0 Å².